The van der Waals surface area contributed by atoms with Crippen LogP contribution >= 0.6 is 11.8 Å². The normalized spacial score (nSPS) is 37.3. The Bertz CT molecular complexity index is 874. The number of carbonyl (C=O) groups excluding carboxylic acids is 3. The first kappa shape index (κ1) is 22.9. The Morgan fingerprint density at radius 2 is 1.97 bits per heavy atom. The van der Waals surface area contributed by atoms with Crippen LogP contribution in [0.3, 0.4) is 0 Å². The molecule has 6 atom stereocenters. The quantitative estimate of drug-likeness (QED) is 0.418. The van der Waals surface area contributed by atoms with E-state index < -0.39 is 28.7 Å². The molecule has 0 aromatic carbocycles. The van der Waals surface area contributed by atoms with Gasteiger partial charge in [-0.1, -0.05) is 24.3 Å². The number of fused-ring (bicyclic) bond motifs is 2. The number of amides is 2. The van der Waals surface area contributed by atoms with Gasteiger partial charge in [0.15, 0.2) is 0 Å². The molecule has 5 aliphatic rings. The summed E-state index contributed by atoms with van der Waals surface area (Å²) in [5, 5.41) is 9.70. The molecule has 0 saturated carbocycles. The van der Waals surface area contributed by atoms with Crippen molar-refractivity contribution in [3.05, 3.63) is 24.3 Å². The van der Waals surface area contributed by atoms with Crippen molar-refractivity contribution in [3.8, 4) is 0 Å². The Morgan fingerprint density at radius 1 is 1.18 bits per heavy atom. The van der Waals surface area contributed by atoms with Crippen LogP contribution in [0.2, 0.25) is 0 Å². The second-order valence-corrected chi connectivity index (χ2v) is 10.8. The summed E-state index contributed by atoms with van der Waals surface area (Å²) >= 11 is 1.52. The molecule has 5 rings (SSSR count). The van der Waals surface area contributed by atoms with Crippen molar-refractivity contribution in [2.75, 3.05) is 59.2 Å². The highest BCUT2D eigenvalue weighted by Crippen LogP contribution is 2.61. The fraction of sp³-hybridized carbons (Fsp3) is 0.696. The van der Waals surface area contributed by atoms with Crippen LogP contribution in [0.5, 0.6) is 0 Å². The Kier molecular flexibility index (Phi) is 6.28. The first-order valence-corrected chi connectivity index (χ1v) is 12.6. The van der Waals surface area contributed by atoms with Gasteiger partial charge in [-0.25, -0.2) is 0 Å². The standard InChI is InChI=1S/C23H31N3O6S/c1-15(14-27)26-19-21(29)25(8-7-24-9-12-31-13-10-24)6-3-5-23(19)18(20(26)28)17-16(33-23)4-2-11-32-22(17)30/h2-5,15-19,27H,6-14H2,1H3/t15-,16+,17-,18+,19?,23+/m1/s1. The molecular weight excluding hydrogens is 446 g/mol. The summed E-state index contributed by atoms with van der Waals surface area (Å²) in [6.45, 7) is 6.52. The molecule has 180 valence electrons. The third kappa shape index (κ3) is 3.71. The zero-order valence-corrected chi connectivity index (χ0v) is 19.6. The van der Waals surface area contributed by atoms with Gasteiger partial charge in [0, 0.05) is 38.0 Å². The fourth-order valence-corrected chi connectivity index (χ4v) is 7.79. The minimum Gasteiger partial charge on any atom is -0.461 e. The zero-order valence-electron chi connectivity index (χ0n) is 18.8. The summed E-state index contributed by atoms with van der Waals surface area (Å²) in [5.74, 6) is -2.09. The van der Waals surface area contributed by atoms with Gasteiger partial charge in [-0.3, -0.25) is 19.3 Å². The van der Waals surface area contributed by atoms with Gasteiger partial charge in [-0.15, -0.1) is 11.8 Å². The van der Waals surface area contributed by atoms with Gasteiger partial charge < -0.3 is 24.4 Å². The molecule has 1 unspecified atom stereocenters. The van der Waals surface area contributed by atoms with Crippen LogP contribution in [0.25, 0.3) is 0 Å². The number of thioether (sulfide) groups is 1. The Hall–Kier alpha value is -1.88. The number of nitrogens with zero attached hydrogens (tertiary/aromatic N) is 3. The van der Waals surface area contributed by atoms with E-state index in [-0.39, 0.29) is 36.2 Å². The van der Waals surface area contributed by atoms with E-state index in [1.165, 1.54) is 16.7 Å². The van der Waals surface area contributed by atoms with E-state index in [9.17, 15) is 19.5 Å². The fourth-order valence-electron chi connectivity index (χ4n) is 5.81. The van der Waals surface area contributed by atoms with Crippen LogP contribution in [0.15, 0.2) is 24.3 Å². The van der Waals surface area contributed by atoms with E-state index in [2.05, 4.69) is 4.90 Å². The average molecular weight is 478 g/mol. The third-order valence-electron chi connectivity index (χ3n) is 7.46. The van der Waals surface area contributed by atoms with Crippen LogP contribution in [0.4, 0.5) is 0 Å². The molecule has 1 spiro atoms. The van der Waals surface area contributed by atoms with Gasteiger partial charge in [0.2, 0.25) is 11.8 Å². The molecule has 0 aromatic heterocycles. The molecule has 33 heavy (non-hydrogen) atoms. The Morgan fingerprint density at radius 3 is 2.73 bits per heavy atom. The number of aliphatic hydroxyl groups excluding tert-OH is 1. The minimum atomic E-state index is -0.860. The number of carbonyl (C=O) groups is 3. The third-order valence-corrected chi connectivity index (χ3v) is 9.21. The topological polar surface area (TPSA) is 99.6 Å². The van der Waals surface area contributed by atoms with Gasteiger partial charge in [-0.05, 0) is 6.92 Å². The number of likely N-dealkylation sites (tertiary alicyclic amines) is 1. The van der Waals surface area contributed by atoms with Gasteiger partial charge in [-0.2, -0.15) is 0 Å². The summed E-state index contributed by atoms with van der Waals surface area (Å²) < 4.78 is 9.92. The van der Waals surface area contributed by atoms with E-state index in [0.29, 0.717) is 26.3 Å². The molecule has 0 aromatic rings. The van der Waals surface area contributed by atoms with Crippen molar-refractivity contribution >= 4 is 29.5 Å². The number of cyclic esters (lactones) is 1. The first-order valence-electron chi connectivity index (χ1n) is 11.7. The number of esters is 1. The number of aliphatic hydroxyl groups is 1. The van der Waals surface area contributed by atoms with Gasteiger partial charge in [0.05, 0.1) is 42.4 Å². The van der Waals surface area contributed by atoms with E-state index in [1.807, 2.05) is 24.3 Å². The molecule has 5 aliphatic heterocycles. The van der Waals surface area contributed by atoms with E-state index >= 15 is 0 Å². The van der Waals surface area contributed by atoms with Crippen molar-refractivity contribution < 1.29 is 29.0 Å². The highest BCUT2D eigenvalue weighted by molar-refractivity contribution is 8.02. The second-order valence-electron chi connectivity index (χ2n) is 9.32. The number of hydrogen-bond donors (Lipinski definition) is 1. The Balaban J connectivity index is 1.48. The van der Waals surface area contributed by atoms with Crippen LogP contribution < -0.4 is 0 Å². The molecule has 3 saturated heterocycles. The summed E-state index contributed by atoms with van der Waals surface area (Å²) in [4.78, 5) is 46.3. The summed E-state index contributed by atoms with van der Waals surface area (Å²) in [6.07, 6.45) is 7.71. The van der Waals surface area contributed by atoms with Crippen molar-refractivity contribution in [3.63, 3.8) is 0 Å². The van der Waals surface area contributed by atoms with Crippen LogP contribution in [-0.4, -0.2) is 119 Å². The van der Waals surface area contributed by atoms with Crippen molar-refractivity contribution in [1.29, 1.82) is 0 Å². The highest BCUT2D eigenvalue weighted by atomic mass is 32.2. The van der Waals surface area contributed by atoms with Crippen molar-refractivity contribution in [1.82, 2.24) is 14.7 Å². The lowest BCUT2D eigenvalue weighted by Gasteiger charge is -2.38. The molecule has 0 aliphatic carbocycles. The number of rotatable bonds is 5. The molecule has 3 fully saturated rings. The maximum atomic E-state index is 14.0. The predicted molar refractivity (Wildman–Crippen MR) is 121 cm³/mol. The van der Waals surface area contributed by atoms with Crippen molar-refractivity contribution in [2.24, 2.45) is 11.8 Å². The summed E-state index contributed by atoms with van der Waals surface area (Å²) in [7, 11) is 0. The molecule has 5 heterocycles. The molecule has 2 amide bonds. The van der Waals surface area contributed by atoms with Crippen LogP contribution in [0, 0.1) is 11.8 Å². The number of morpholine rings is 1. The summed E-state index contributed by atoms with van der Waals surface area (Å²) in [5.41, 5.74) is 0. The maximum absolute atomic E-state index is 14.0. The first-order chi connectivity index (χ1) is 16.0. The molecule has 1 N–H and O–H groups in total. The molecule has 9 nitrogen and oxygen atoms in total. The number of ether oxygens (including phenoxy) is 2. The zero-order chi connectivity index (χ0) is 23.2. The lowest BCUT2D eigenvalue weighted by atomic mass is 9.78. The monoisotopic (exact) mass is 477 g/mol. The SMILES string of the molecule is C[C@H](CO)N1C(=O)[C@@H]2[C@@H]3C(=O)OCC=C[C@@H]3S[C@@]23C=CCN(CCN2CCOCC2)C(=O)C13. The highest BCUT2D eigenvalue weighted by Gasteiger charge is 2.71. The van der Waals surface area contributed by atoms with Crippen molar-refractivity contribution in [2.45, 2.75) is 29.0 Å². The molecular formula is C23H31N3O6S. The van der Waals surface area contributed by atoms with E-state index in [1.54, 1.807) is 11.8 Å². The molecule has 0 bridgehead atoms. The molecule has 0 radical (unpaired) electrons. The van der Waals surface area contributed by atoms with Gasteiger partial charge >= 0.3 is 5.97 Å². The maximum Gasteiger partial charge on any atom is 0.311 e. The lowest BCUT2D eigenvalue weighted by molar-refractivity contribution is -0.152. The largest absolute Gasteiger partial charge is 0.461 e. The van der Waals surface area contributed by atoms with Gasteiger partial charge in [0.25, 0.3) is 0 Å². The summed E-state index contributed by atoms with van der Waals surface area (Å²) in [6, 6.07) is -1.29. The van der Waals surface area contributed by atoms with Crippen LogP contribution in [-0.2, 0) is 23.9 Å². The predicted octanol–water partition coefficient (Wildman–Crippen LogP) is -0.492. The van der Waals surface area contributed by atoms with E-state index in [4.69, 9.17) is 9.47 Å². The molecule has 10 heteroatoms. The van der Waals surface area contributed by atoms with Gasteiger partial charge in [0.1, 0.15) is 12.6 Å². The average Bonchev–Trinajstić information content (AvgIpc) is 3.14. The smallest absolute Gasteiger partial charge is 0.311 e. The van der Waals surface area contributed by atoms with E-state index in [0.717, 1.165) is 19.6 Å². The Labute approximate surface area is 197 Å². The second kappa shape index (κ2) is 9.05. The number of hydrogen-bond acceptors (Lipinski definition) is 8. The lowest BCUT2D eigenvalue weighted by Crippen LogP contribution is -2.56. The van der Waals surface area contributed by atoms with Crippen LogP contribution in [0.1, 0.15) is 6.92 Å². The minimum absolute atomic E-state index is 0.120.